The van der Waals surface area contributed by atoms with E-state index >= 15 is 0 Å². The molecule has 0 bridgehead atoms. The summed E-state index contributed by atoms with van der Waals surface area (Å²) >= 11 is 0. The van der Waals surface area contributed by atoms with Crippen LogP contribution in [0.1, 0.15) is 38.7 Å². The van der Waals surface area contributed by atoms with Crippen molar-refractivity contribution in [2.45, 2.75) is 44.3 Å². The second-order valence-electron chi connectivity index (χ2n) is 4.74. The maximum atomic E-state index is 10.6. The van der Waals surface area contributed by atoms with Crippen LogP contribution in [0.15, 0.2) is 18.7 Å². The highest BCUT2D eigenvalue weighted by Crippen LogP contribution is 2.40. The van der Waals surface area contributed by atoms with E-state index in [1.807, 2.05) is 6.92 Å². The molecule has 16 heavy (non-hydrogen) atoms. The van der Waals surface area contributed by atoms with Crippen LogP contribution in [0.4, 0.5) is 0 Å². The van der Waals surface area contributed by atoms with E-state index in [2.05, 4.69) is 16.9 Å². The van der Waals surface area contributed by atoms with Crippen LogP contribution in [0.25, 0.3) is 0 Å². The third-order valence-electron chi connectivity index (χ3n) is 3.48. The lowest BCUT2D eigenvalue weighted by Crippen LogP contribution is -2.45. The van der Waals surface area contributed by atoms with E-state index in [4.69, 9.17) is 4.74 Å². The van der Waals surface area contributed by atoms with Gasteiger partial charge in [0.05, 0.1) is 17.8 Å². The predicted molar refractivity (Wildman–Crippen MR) is 59.8 cm³/mol. The van der Waals surface area contributed by atoms with Gasteiger partial charge >= 0.3 is 0 Å². The topological polar surface area (TPSA) is 55.2 Å². The minimum absolute atomic E-state index is 0.247. The Balaban J connectivity index is 2.25. The fraction of sp³-hybridized carbons (Fsp3) is 0.667. The highest BCUT2D eigenvalue weighted by molar-refractivity contribution is 5.16. The summed E-state index contributed by atoms with van der Waals surface area (Å²) in [5, 5.41) is 10.6. The van der Waals surface area contributed by atoms with Gasteiger partial charge in [-0.3, -0.25) is 0 Å². The third-order valence-corrected chi connectivity index (χ3v) is 3.48. The van der Waals surface area contributed by atoms with Crippen molar-refractivity contribution in [2.24, 2.45) is 0 Å². The largest absolute Gasteiger partial charge is 0.385 e. The highest BCUT2D eigenvalue weighted by atomic mass is 16.5. The van der Waals surface area contributed by atoms with Gasteiger partial charge in [0.25, 0.3) is 0 Å². The smallest absolute Gasteiger partial charge is 0.115 e. The molecule has 4 nitrogen and oxygen atoms in total. The summed E-state index contributed by atoms with van der Waals surface area (Å²) in [7, 11) is 0. The maximum Gasteiger partial charge on any atom is 0.115 e. The van der Waals surface area contributed by atoms with Crippen molar-refractivity contribution in [3.63, 3.8) is 0 Å². The minimum atomic E-state index is -0.843. The number of hydrogen-bond donors (Lipinski definition) is 1. The van der Waals surface area contributed by atoms with Crippen LogP contribution in [0.3, 0.4) is 0 Å². The van der Waals surface area contributed by atoms with Crippen LogP contribution >= 0.6 is 0 Å². The molecule has 1 saturated heterocycles. The van der Waals surface area contributed by atoms with Crippen molar-refractivity contribution in [1.29, 1.82) is 0 Å². The van der Waals surface area contributed by atoms with Crippen LogP contribution in [0.5, 0.6) is 0 Å². The predicted octanol–water partition coefficient (Wildman–Crippen LogP) is 1.64. The molecule has 0 radical (unpaired) electrons. The van der Waals surface area contributed by atoms with E-state index in [1.165, 1.54) is 6.33 Å². The monoisotopic (exact) mass is 222 g/mol. The minimum Gasteiger partial charge on any atom is -0.385 e. The van der Waals surface area contributed by atoms with Gasteiger partial charge in [0.1, 0.15) is 6.33 Å². The van der Waals surface area contributed by atoms with Crippen molar-refractivity contribution >= 4 is 0 Å². The Bertz CT molecular complexity index is 357. The van der Waals surface area contributed by atoms with E-state index < -0.39 is 5.60 Å². The molecule has 0 aromatic carbocycles. The molecule has 1 fully saturated rings. The second-order valence-corrected chi connectivity index (χ2v) is 4.74. The van der Waals surface area contributed by atoms with Crippen molar-refractivity contribution in [3.05, 3.63) is 24.3 Å². The Labute approximate surface area is 95.7 Å². The van der Waals surface area contributed by atoms with E-state index in [0.29, 0.717) is 19.4 Å². The van der Waals surface area contributed by atoms with Gasteiger partial charge in [-0.2, -0.15) is 0 Å². The van der Waals surface area contributed by atoms with Gasteiger partial charge in [0.2, 0.25) is 0 Å². The van der Waals surface area contributed by atoms with Crippen molar-refractivity contribution in [2.75, 3.05) is 6.61 Å². The summed E-state index contributed by atoms with van der Waals surface area (Å²) in [5.74, 6) is 0. The molecule has 4 heteroatoms. The summed E-state index contributed by atoms with van der Waals surface area (Å²) < 4.78 is 5.73. The van der Waals surface area contributed by atoms with Gasteiger partial charge in [-0.05, 0) is 13.3 Å². The zero-order valence-electron chi connectivity index (χ0n) is 9.81. The number of nitrogens with zero attached hydrogens (tertiary/aromatic N) is 2. The SMILES string of the molecule is CCC1(C)CC(O)(c2cncnc2)CCO1. The van der Waals surface area contributed by atoms with Gasteiger partial charge in [-0.15, -0.1) is 0 Å². The number of rotatable bonds is 2. The average molecular weight is 222 g/mol. The first-order valence-electron chi connectivity index (χ1n) is 5.70. The number of hydrogen-bond acceptors (Lipinski definition) is 4. The Morgan fingerprint density at radius 2 is 2.12 bits per heavy atom. The van der Waals surface area contributed by atoms with Crippen LogP contribution in [0, 0.1) is 0 Å². The van der Waals surface area contributed by atoms with Crippen LogP contribution < -0.4 is 0 Å². The first-order valence-corrected chi connectivity index (χ1v) is 5.70. The molecular formula is C12H18N2O2. The molecular weight excluding hydrogens is 204 g/mol. The summed E-state index contributed by atoms with van der Waals surface area (Å²) in [4.78, 5) is 7.93. The molecule has 2 rings (SSSR count). The van der Waals surface area contributed by atoms with Crippen LogP contribution in [-0.2, 0) is 10.3 Å². The molecule has 1 aromatic heterocycles. The average Bonchev–Trinajstić information content (AvgIpc) is 2.30. The Morgan fingerprint density at radius 3 is 2.75 bits per heavy atom. The molecule has 1 N–H and O–H groups in total. The molecule has 0 saturated carbocycles. The van der Waals surface area contributed by atoms with E-state index in [-0.39, 0.29) is 5.60 Å². The molecule has 0 aliphatic carbocycles. The Morgan fingerprint density at radius 1 is 1.44 bits per heavy atom. The van der Waals surface area contributed by atoms with E-state index in [9.17, 15) is 5.11 Å². The summed E-state index contributed by atoms with van der Waals surface area (Å²) in [6, 6.07) is 0. The van der Waals surface area contributed by atoms with Gasteiger partial charge in [0.15, 0.2) is 0 Å². The summed E-state index contributed by atoms with van der Waals surface area (Å²) in [5.41, 5.74) is -0.300. The lowest BCUT2D eigenvalue weighted by molar-refractivity contribution is -0.157. The van der Waals surface area contributed by atoms with E-state index in [1.54, 1.807) is 12.4 Å². The molecule has 0 spiro atoms. The standard InChI is InChI=1S/C12H18N2O2/c1-3-11(2)8-12(15,4-5-16-11)10-6-13-9-14-7-10/h6-7,9,15H,3-5,8H2,1-2H3. The zero-order chi connectivity index (χ0) is 11.6. The Kier molecular flexibility index (Phi) is 2.95. The molecule has 1 aliphatic rings. The zero-order valence-corrected chi connectivity index (χ0v) is 9.81. The lowest BCUT2D eigenvalue weighted by atomic mass is 9.78. The second kappa shape index (κ2) is 4.11. The van der Waals surface area contributed by atoms with Gasteiger partial charge in [-0.1, -0.05) is 6.92 Å². The number of aliphatic hydroxyl groups is 1. The molecule has 0 amide bonds. The fourth-order valence-electron chi connectivity index (χ4n) is 2.24. The van der Waals surface area contributed by atoms with Crippen molar-refractivity contribution < 1.29 is 9.84 Å². The molecule has 1 aliphatic heterocycles. The first-order chi connectivity index (χ1) is 7.58. The van der Waals surface area contributed by atoms with Gasteiger partial charge in [-0.25, -0.2) is 9.97 Å². The maximum absolute atomic E-state index is 10.6. The molecule has 1 aromatic rings. The van der Waals surface area contributed by atoms with Gasteiger partial charge in [0, 0.05) is 30.8 Å². The quantitative estimate of drug-likeness (QED) is 0.826. The van der Waals surface area contributed by atoms with E-state index in [0.717, 1.165) is 12.0 Å². The third kappa shape index (κ3) is 2.08. The fourth-order valence-corrected chi connectivity index (χ4v) is 2.24. The molecule has 2 atom stereocenters. The summed E-state index contributed by atoms with van der Waals surface area (Å²) in [6.45, 7) is 4.70. The summed E-state index contributed by atoms with van der Waals surface area (Å²) in [6.07, 6.45) is 6.96. The van der Waals surface area contributed by atoms with Gasteiger partial charge < -0.3 is 9.84 Å². The molecule has 88 valence electrons. The first kappa shape index (κ1) is 11.5. The molecule has 2 unspecified atom stereocenters. The normalized spacial score (nSPS) is 34.9. The molecule has 2 heterocycles. The van der Waals surface area contributed by atoms with Crippen LogP contribution in [0.2, 0.25) is 0 Å². The highest BCUT2D eigenvalue weighted by Gasteiger charge is 2.42. The van der Waals surface area contributed by atoms with Crippen LogP contribution in [-0.4, -0.2) is 27.3 Å². The Hall–Kier alpha value is -1.00. The van der Waals surface area contributed by atoms with Crippen molar-refractivity contribution in [3.8, 4) is 0 Å². The number of ether oxygens (including phenoxy) is 1. The number of aromatic nitrogens is 2. The lowest BCUT2D eigenvalue weighted by Gasteiger charge is -2.43. The van der Waals surface area contributed by atoms with Crippen molar-refractivity contribution in [1.82, 2.24) is 9.97 Å².